The average molecular weight is 249 g/mol. The van der Waals surface area contributed by atoms with Crippen LogP contribution in [0.5, 0.6) is 5.75 Å². The van der Waals surface area contributed by atoms with Crippen molar-refractivity contribution in [3.8, 4) is 5.75 Å². The van der Waals surface area contributed by atoms with E-state index < -0.39 is 17.3 Å². The summed E-state index contributed by atoms with van der Waals surface area (Å²) in [4.78, 5) is 0. The Morgan fingerprint density at radius 2 is 1.94 bits per heavy atom. The van der Waals surface area contributed by atoms with Crippen molar-refractivity contribution in [2.75, 3.05) is 13.7 Å². The summed E-state index contributed by atoms with van der Waals surface area (Å²) in [6, 6.07) is 2.92. The topological polar surface area (TPSA) is 55.5 Å². The first-order chi connectivity index (χ1) is 7.72. The van der Waals surface area contributed by atoms with E-state index in [1.165, 1.54) is 20.1 Å². The van der Waals surface area contributed by atoms with Gasteiger partial charge in [0, 0.05) is 12.1 Å². The minimum atomic E-state index is -4.47. The molecular weight excluding hydrogens is 235 g/mol. The standard InChI is InChI=1S/C11H14F3NO2/c1-10(16,6-15)8-5-7(11(12,13)14)3-4-9(8)17-2/h3-5,16H,6,15H2,1-2H3. The molecule has 1 atom stereocenters. The van der Waals surface area contributed by atoms with Gasteiger partial charge in [0.2, 0.25) is 0 Å². The molecule has 3 nitrogen and oxygen atoms in total. The lowest BCUT2D eigenvalue weighted by Crippen LogP contribution is -2.32. The fourth-order valence-corrected chi connectivity index (χ4v) is 1.42. The SMILES string of the molecule is COc1ccc(C(F)(F)F)cc1C(C)(O)CN. The number of halogens is 3. The first-order valence-corrected chi connectivity index (χ1v) is 4.90. The molecule has 1 aromatic rings. The van der Waals surface area contributed by atoms with Crippen LogP contribution in [0.2, 0.25) is 0 Å². The number of alkyl halides is 3. The number of hydrogen-bond acceptors (Lipinski definition) is 3. The Kier molecular flexibility index (Phi) is 3.68. The summed E-state index contributed by atoms with van der Waals surface area (Å²) < 4.78 is 42.5. The molecular formula is C11H14F3NO2. The van der Waals surface area contributed by atoms with Crippen molar-refractivity contribution in [1.29, 1.82) is 0 Å². The zero-order valence-corrected chi connectivity index (χ0v) is 9.51. The summed E-state index contributed by atoms with van der Waals surface area (Å²) in [5.74, 6) is 0.174. The van der Waals surface area contributed by atoms with E-state index in [1.807, 2.05) is 0 Å². The lowest BCUT2D eigenvalue weighted by Gasteiger charge is -2.25. The van der Waals surface area contributed by atoms with E-state index in [0.29, 0.717) is 0 Å². The number of rotatable bonds is 3. The zero-order valence-electron chi connectivity index (χ0n) is 9.51. The van der Waals surface area contributed by atoms with E-state index in [1.54, 1.807) is 0 Å². The van der Waals surface area contributed by atoms with Crippen molar-refractivity contribution >= 4 is 0 Å². The number of benzene rings is 1. The largest absolute Gasteiger partial charge is 0.496 e. The molecule has 96 valence electrons. The smallest absolute Gasteiger partial charge is 0.416 e. The van der Waals surface area contributed by atoms with Gasteiger partial charge in [0.1, 0.15) is 11.4 Å². The van der Waals surface area contributed by atoms with Crippen LogP contribution in [0, 0.1) is 0 Å². The monoisotopic (exact) mass is 249 g/mol. The van der Waals surface area contributed by atoms with Crippen LogP contribution in [0.3, 0.4) is 0 Å². The number of aliphatic hydroxyl groups is 1. The fourth-order valence-electron chi connectivity index (χ4n) is 1.42. The van der Waals surface area contributed by atoms with E-state index in [9.17, 15) is 18.3 Å². The first-order valence-electron chi connectivity index (χ1n) is 4.90. The highest BCUT2D eigenvalue weighted by Gasteiger charge is 2.34. The predicted molar refractivity (Wildman–Crippen MR) is 56.6 cm³/mol. The van der Waals surface area contributed by atoms with Gasteiger partial charge in [-0.2, -0.15) is 13.2 Å². The molecule has 17 heavy (non-hydrogen) atoms. The minimum absolute atomic E-state index is 0.0253. The van der Waals surface area contributed by atoms with E-state index >= 15 is 0 Å². The van der Waals surface area contributed by atoms with Crippen molar-refractivity contribution in [1.82, 2.24) is 0 Å². The van der Waals surface area contributed by atoms with Gasteiger partial charge in [-0.25, -0.2) is 0 Å². The van der Waals surface area contributed by atoms with Gasteiger partial charge in [-0.3, -0.25) is 0 Å². The molecule has 0 heterocycles. The fraction of sp³-hybridized carbons (Fsp3) is 0.455. The first kappa shape index (κ1) is 13.8. The summed E-state index contributed by atoms with van der Waals surface area (Å²) in [6.07, 6.45) is -4.47. The van der Waals surface area contributed by atoms with Crippen LogP contribution in [-0.4, -0.2) is 18.8 Å². The van der Waals surface area contributed by atoms with Crippen LogP contribution in [0.1, 0.15) is 18.1 Å². The highest BCUT2D eigenvalue weighted by atomic mass is 19.4. The lowest BCUT2D eigenvalue weighted by molar-refractivity contribution is -0.137. The Labute approximate surface area is 97.0 Å². The molecule has 0 amide bonds. The van der Waals surface area contributed by atoms with Gasteiger partial charge >= 0.3 is 6.18 Å². The van der Waals surface area contributed by atoms with Crippen LogP contribution >= 0.6 is 0 Å². The molecule has 1 aromatic carbocycles. The van der Waals surface area contributed by atoms with Crippen molar-refractivity contribution in [2.24, 2.45) is 5.73 Å². The highest BCUT2D eigenvalue weighted by molar-refractivity contribution is 5.42. The van der Waals surface area contributed by atoms with Gasteiger partial charge in [0.15, 0.2) is 0 Å². The molecule has 6 heteroatoms. The number of nitrogens with two attached hydrogens (primary N) is 1. The Morgan fingerprint density at radius 3 is 2.35 bits per heavy atom. The second-order valence-electron chi connectivity index (χ2n) is 3.89. The molecule has 1 unspecified atom stereocenters. The van der Waals surface area contributed by atoms with E-state index in [-0.39, 0.29) is 17.9 Å². The van der Waals surface area contributed by atoms with Crippen molar-refractivity contribution in [2.45, 2.75) is 18.7 Å². The number of ether oxygens (including phenoxy) is 1. The molecule has 0 spiro atoms. The molecule has 1 rings (SSSR count). The molecule has 0 saturated carbocycles. The van der Waals surface area contributed by atoms with Crippen LogP contribution in [0.15, 0.2) is 18.2 Å². The third-order valence-electron chi connectivity index (χ3n) is 2.50. The van der Waals surface area contributed by atoms with Gasteiger partial charge in [0.25, 0.3) is 0 Å². The van der Waals surface area contributed by atoms with Crippen LogP contribution in [0.25, 0.3) is 0 Å². The summed E-state index contributed by atoms with van der Waals surface area (Å²) in [7, 11) is 1.32. The molecule has 0 aliphatic carbocycles. The summed E-state index contributed by atoms with van der Waals surface area (Å²) in [5.41, 5.74) is 2.95. The quantitative estimate of drug-likeness (QED) is 0.860. The van der Waals surface area contributed by atoms with E-state index in [0.717, 1.165) is 12.1 Å². The second-order valence-corrected chi connectivity index (χ2v) is 3.89. The maximum absolute atomic E-state index is 12.5. The predicted octanol–water partition coefficient (Wildman–Crippen LogP) is 1.88. The van der Waals surface area contributed by atoms with Crippen molar-refractivity contribution in [3.05, 3.63) is 29.3 Å². The number of hydrogen-bond donors (Lipinski definition) is 2. The maximum Gasteiger partial charge on any atom is 0.416 e. The second kappa shape index (κ2) is 4.54. The zero-order chi connectivity index (χ0) is 13.3. The van der Waals surface area contributed by atoms with Crippen LogP contribution < -0.4 is 10.5 Å². The molecule has 0 bridgehead atoms. The molecule has 0 saturated heterocycles. The van der Waals surface area contributed by atoms with Gasteiger partial charge in [-0.15, -0.1) is 0 Å². The minimum Gasteiger partial charge on any atom is -0.496 e. The molecule has 0 aromatic heterocycles. The Hall–Kier alpha value is -1.27. The third-order valence-corrected chi connectivity index (χ3v) is 2.50. The lowest BCUT2D eigenvalue weighted by atomic mass is 9.93. The highest BCUT2D eigenvalue weighted by Crippen LogP contribution is 2.36. The summed E-state index contributed by atoms with van der Waals surface area (Å²) in [6.45, 7) is 1.13. The van der Waals surface area contributed by atoms with Crippen LogP contribution in [0.4, 0.5) is 13.2 Å². The molecule has 0 aliphatic heterocycles. The Morgan fingerprint density at radius 1 is 1.35 bits per heavy atom. The molecule has 3 N–H and O–H groups in total. The maximum atomic E-state index is 12.5. The summed E-state index contributed by atoms with van der Waals surface area (Å²) >= 11 is 0. The van der Waals surface area contributed by atoms with Crippen molar-refractivity contribution < 1.29 is 23.0 Å². The van der Waals surface area contributed by atoms with Crippen molar-refractivity contribution in [3.63, 3.8) is 0 Å². The number of methoxy groups -OCH3 is 1. The third kappa shape index (κ3) is 2.89. The van der Waals surface area contributed by atoms with Gasteiger partial charge in [-0.05, 0) is 25.1 Å². The normalized spacial score (nSPS) is 15.5. The molecule has 0 fully saturated rings. The van der Waals surface area contributed by atoms with E-state index in [4.69, 9.17) is 10.5 Å². The van der Waals surface area contributed by atoms with Crippen LogP contribution in [-0.2, 0) is 11.8 Å². The van der Waals surface area contributed by atoms with Gasteiger partial charge < -0.3 is 15.6 Å². The average Bonchev–Trinajstić information content (AvgIpc) is 2.27. The van der Waals surface area contributed by atoms with Gasteiger partial charge in [-0.1, -0.05) is 0 Å². The Balaban J connectivity index is 3.35. The van der Waals surface area contributed by atoms with E-state index in [2.05, 4.69) is 0 Å². The van der Waals surface area contributed by atoms with Gasteiger partial charge in [0.05, 0.1) is 12.7 Å². The molecule has 0 aliphatic rings. The Bertz CT molecular complexity index is 402. The summed E-state index contributed by atoms with van der Waals surface area (Å²) in [5, 5.41) is 9.92. The molecule has 0 radical (unpaired) electrons.